The molecule has 0 aromatic heterocycles. The minimum atomic E-state index is 0.703. The maximum Gasteiger partial charge on any atom is 0.0239 e. The Labute approximate surface area is 93.6 Å². The van der Waals surface area contributed by atoms with Crippen molar-refractivity contribution in [3.8, 4) is 0 Å². The molecular weight excluding hydrogens is 186 g/mol. The first-order valence-corrected chi connectivity index (χ1v) is 6.52. The predicted molar refractivity (Wildman–Crippen MR) is 63.6 cm³/mol. The Morgan fingerprint density at radius 3 is 2.20 bits per heavy atom. The molecular formula is C12H25N3. The molecule has 0 radical (unpaired) electrons. The van der Waals surface area contributed by atoms with Gasteiger partial charge in [0.15, 0.2) is 0 Å². The summed E-state index contributed by atoms with van der Waals surface area (Å²) in [4.78, 5) is 0. The molecule has 0 bridgehead atoms. The average molecular weight is 211 g/mol. The molecule has 0 saturated carbocycles. The second-order valence-electron chi connectivity index (χ2n) is 5.19. The van der Waals surface area contributed by atoms with Gasteiger partial charge in [0.05, 0.1) is 0 Å². The van der Waals surface area contributed by atoms with Gasteiger partial charge < -0.3 is 5.32 Å². The van der Waals surface area contributed by atoms with Crippen LogP contribution >= 0.6 is 0 Å². The maximum absolute atomic E-state index is 3.75. The Balaban J connectivity index is 1.84. The first-order valence-electron chi connectivity index (χ1n) is 6.52. The smallest absolute Gasteiger partial charge is 0.0239 e. The summed E-state index contributed by atoms with van der Waals surface area (Å²) < 4.78 is 0. The fraction of sp³-hybridized carbons (Fsp3) is 1.00. The third-order valence-corrected chi connectivity index (χ3v) is 3.86. The molecule has 88 valence electrons. The van der Waals surface area contributed by atoms with Gasteiger partial charge in [-0.2, -0.15) is 0 Å². The Morgan fingerprint density at radius 2 is 1.60 bits per heavy atom. The molecule has 2 N–H and O–H groups in total. The normalized spacial score (nSPS) is 35.6. The molecule has 2 aliphatic heterocycles. The van der Waals surface area contributed by atoms with Gasteiger partial charge in [-0.25, -0.2) is 5.01 Å². The number of nitrogens with zero attached hydrogens (tertiary/aromatic N) is 1. The molecule has 2 rings (SSSR count). The van der Waals surface area contributed by atoms with E-state index < -0.39 is 0 Å². The van der Waals surface area contributed by atoms with Gasteiger partial charge in [-0.15, -0.1) is 0 Å². The minimum Gasteiger partial charge on any atom is -0.317 e. The van der Waals surface area contributed by atoms with Crippen molar-refractivity contribution in [2.24, 2.45) is 0 Å². The summed E-state index contributed by atoms with van der Waals surface area (Å²) in [5.74, 6) is 0. The van der Waals surface area contributed by atoms with Crippen molar-refractivity contribution < 1.29 is 0 Å². The fourth-order valence-electron chi connectivity index (χ4n) is 2.84. The van der Waals surface area contributed by atoms with Crippen molar-refractivity contribution in [3.63, 3.8) is 0 Å². The van der Waals surface area contributed by atoms with Crippen molar-refractivity contribution in [2.45, 2.75) is 64.1 Å². The first kappa shape index (κ1) is 11.4. The SMILES string of the molecule is CC1CCCC(C)N1NC1CCNCC1. The third kappa shape index (κ3) is 2.92. The zero-order valence-corrected chi connectivity index (χ0v) is 10.1. The molecule has 0 aromatic carbocycles. The van der Waals surface area contributed by atoms with Crippen LogP contribution in [0.2, 0.25) is 0 Å². The van der Waals surface area contributed by atoms with Crippen LogP contribution in [0.25, 0.3) is 0 Å². The van der Waals surface area contributed by atoms with Gasteiger partial charge in [0.1, 0.15) is 0 Å². The molecule has 0 aromatic rings. The van der Waals surface area contributed by atoms with E-state index in [1.54, 1.807) is 0 Å². The molecule has 2 aliphatic rings. The summed E-state index contributed by atoms with van der Waals surface area (Å²) >= 11 is 0. The lowest BCUT2D eigenvalue weighted by Crippen LogP contribution is -2.57. The van der Waals surface area contributed by atoms with Gasteiger partial charge in [-0.05, 0) is 52.6 Å². The maximum atomic E-state index is 3.75. The Hall–Kier alpha value is -0.120. The zero-order valence-electron chi connectivity index (χ0n) is 10.1. The van der Waals surface area contributed by atoms with Crippen molar-refractivity contribution >= 4 is 0 Å². The van der Waals surface area contributed by atoms with Crippen LogP contribution in [0.4, 0.5) is 0 Å². The van der Waals surface area contributed by atoms with Crippen LogP contribution in [0.1, 0.15) is 46.0 Å². The number of hydrogen-bond donors (Lipinski definition) is 2. The Bertz CT molecular complexity index is 179. The molecule has 3 nitrogen and oxygen atoms in total. The highest BCUT2D eigenvalue weighted by Gasteiger charge is 2.26. The van der Waals surface area contributed by atoms with Crippen LogP contribution in [-0.4, -0.2) is 36.2 Å². The summed E-state index contributed by atoms with van der Waals surface area (Å²) in [5.41, 5.74) is 3.75. The zero-order chi connectivity index (χ0) is 10.7. The van der Waals surface area contributed by atoms with Crippen LogP contribution in [0, 0.1) is 0 Å². The Kier molecular flexibility index (Phi) is 4.00. The third-order valence-electron chi connectivity index (χ3n) is 3.86. The predicted octanol–water partition coefficient (Wildman–Crippen LogP) is 1.51. The van der Waals surface area contributed by atoms with Crippen LogP contribution in [0.15, 0.2) is 0 Å². The van der Waals surface area contributed by atoms with Crippen LogP contribution in [0.3, 0.4) is 0 Å². The van der Waals surface area contributed by atoms with E-state index in [0.717, 1.165) is 0 Å². The van der Waals surface area contributed by atoms with Crippen molar-refractivity contribution in [2.75, 3.05) is 13.1 Å². The van der Waals surface area contributed by atoms with Crippen LogP contribution < -0.4 is 10.7 Å². The molecule has 2 atom stereocenters. The van der Waals surface area contributed by atoms with E-state index >= 15 is 0 Å². The largest absolute Gasteiger partial charge is 0.317 e. The summed E-state index contributed by atoms with van der Waals surface area (Å²) in [7, 11) is 0. The summed E-state index contributed by atoms with van der Waals surface area (Å²) in [6.45, 7) is 7.05. The van der Waals surface area contributed by atoms with Gasteiger partial charge in [0.25, 0.3) is 0 Å². The van der Waals surface area contributed by atoms with Crippen molar-refractivity contribution in [1.82, 2.24) is 15.8 Å². The van der Waals surface area contributed by atoms with E-state index in [2.05, 4.69) is 29.6 Å². The van der Waals surface area contributed by atoms with E-state index in [-0.39, 0.29) is 0 Å². The average Bonchev–Trinajstić information content (AvgIpc) is 2.25. The van der Waals surface area contributed by atoms with E-state index in [4.69, 9.17) is 0 Å². The minimum absolute atomic E-state index is 0.703. The molecule has 2 heterocycles. The van der Waals surface area contributed by atoms with E-state index in [1.807, 2.05) is 0 Å². The highest BCUT2D eigenvalue weighted by Crippen LogP contribution is 2.21. The van der Waals surface area contributed by atoms with Gasteiger partial charge in [0.2, 0.25) is 0 Å². The Morgan fingerprint density at radius 1 is 1.00 bits per heavy atom. The summed E-state index contributed by atoms with van der Waals surface area (Å²) in [6, 6.07) is 2.13. The quantitative estimate of drug-likeness (QED) is 0.725. The van der Waals surface area contributed by atoms with Gasteiger partial charge in [-0.1, -0.05) is 6.42 Å². The lowest BCUT2D eigenvalue weighted by molar-refractivity contribution is 0.0242. The molecule has 15 heavy (non-hydrogen) atoms. The van der Waals surface area contributed by atoms with Crippen molar-refractivity contribution in [3.05, 3.63) is 0 Å². The lowest BCUT2D eigenvalue weighted by Gasteiger charge is -2.42. The highest BCUT2D eigenvalue weighted by atomic mass is 15.5. The molecule has 2 saturated heterocycles. The number of rotatable bonds is 2. The standard InChI is InChI=1S/C12H25N3/c1-10-4-3-5-11(2)15(10)14-12-6-8-13-9-7-12/h10-14H,3-9H2,1-2H3. The first-order chi connectivity index (χ1) is 7.27. The monoisotopic (exact) mass is 211 g/mol. The molecule has 0 spiro atoms. The second kappa shape index (κ2) is 5.28. The number of nitrogens with one attached hydrogen (secondary N) is 2. The number of hydrogen-bond acceptors (Lipinski definition) is 3. The molecule has 3 heteroatoms. The molecule has 0 aliphatic carbocycles. The van der Waals surface area contributed by atoms with Crippen LogP contribution in [-0.2, 0) is 0 Å². The van der Waals surface area contributed by atoms with Gasteiger partial charge in [0, 0.05) is 18.1 Å². The lowest BCUT2D eigenvalue weighted by atomic mass is 9.99. The number of hydrazine groups is 1. The van der Waals surface area contributed by atoms with E-state index in [9.17, 15) is 0 Å². The number of piperidine rings is 2. The molecule has 2 unspecified atom stereocenters. The second-order valence-corrected chi connectivity index (χ2v) is 5.19. The molecule has 0 amide bonds. The van der Waals surface area contributed by atoms with Gasteiger partial charge in [-0.3, -0.25) is 5.43 Å². The van der Waals surface area contributed by atoms with E-state index in [1.165, 1.54) is 45.2 Å². The summed E-state index contributed by atoms with van der Waals surface area (Å²) in [5, 5.41) is 5.93. The van der Waals surface area contributed by atoms with E-state index in [0.29, 0.717) is 18.1 Å². The van der Waals surface area contributed by atoms with Gasteiger partial charge >= 0.3 is 0 Å². The summed E-state index contributed by atoms with van der Waals surface area (Å²) in [6.07, 6.45) is 6.64. The van der Waals surface area contributed by atoms with Crippen molar-refractivity contribution in [1.29, 1.82) is 0 Å². The topological polar surface area (TPSA) is 27.3 Å². The molecule has 2 fully saturated rings. The highest BCUT2D eigenvalue weighted by molar-refractivity contribution is 4.81. The fourth-order valence-corrected chi connectivity index (χ4v) is 2.84. The van der Waals surface area contributed by atoms with Crippen LogP contribution in [0.5, 0.6) is 0 Å².